The van der Waals surface area contributed by atoms with E-state index in [4.69, 9.17) is 4.74 Å². The second-order valence-electron chi connectivity index (χ2n) is 5.63. The van der Waals surface area contributed by atoms with Crippen molar-refractivity contribution in [1.29, 1.82) is 0 Å². The second kappa shape index (κ2) is 7.87. The molecule has 2 N–H and O–H groups in total. The van der Waals surface area contributed by atoms with Crippen molar-refractivity contribution in [3.63, 3.8) is 0 Å². The molecule has 1 atom stereocenters. The van der Waals surface area contributed by atoms with Gasteiger partial charge in [-0.05, 0) is 18.6 Å². The van der Waals surface area contributed by atoms with E-state index in [9.17, 15) is 9.18 Å². The molecule has 0 saturated carbocycles. The summed E-state index contributed by atoms with van der Waals surface area (Å²) in [6.45, 7) is 1.63. The molecule has 1 aliphatic rings. The molecular weight excluding hydrogens is 313 g/mol. The third kappa shape index (κ3) is 4.51. The standard InChI is InChI=1S/C16H20FN5O2/c17-12-2-1-3-14(8-12)24-7-6-18-16(23)9-19-13-4-5-15-20-11-21-22(15)10-13/h1-3,8,11,13,19H,4-7,9-10H2,(H,18,23)/t13-/m1/s1. The molecule has 0 saturated heterocycles. The minimum absolute atomic E-state index is 0.0952. The highest BCUT2D eigenvalue weighted by Crippen LogP contribution is 2.12. The first-order valence-electron chi connectivity index (χ1n) is 7.96. The van der Waals surface area contributed by atoms with E-state index in [1.807, 2.05) is 4.68 Å². The monoisotopic (exact) mass is 333 g/mol. The minimum atomic E-state index is -0.344. The van der Waals surface area contributed by atoms with E-state index in [-0.39, 0.29) is 24.3 Å². The van der Waals surface area contributed by atoms with E-state index in [1.54, 1.807) is 18.5 Å². The van der Waals surface area contributed by atoms with Gasteiger partial charge in [0.1, 0.15) is 30.3 Å². The van der Waals surface area contributed by atoms with Crippen LogP contribution in [-0.4, -0.2) is 46.4 Å². The van der Waals surface area contributed by atoms with Gasteiger partial charge in [-0.3, -0.25) is 4.79 Å². The van der Waals surface area contributed by atoms with Crippen LogP contribution in [-0.2, 0) is 17.8 Å². The van der Waals surface area contributed by atoms with Crippen LogP contribution in [0.15, 0.2) is 30.6 Å². The number of aromatic nitrogens is 3. The van der Waals surface area contributed by atoms with Crippen molar-refractivity contribution in [3.05, 3.63) is 42.2 Å². The molecule has 1 amide bonds. The van der Waals surface area contributed by atoms with E-state index < -0.39 is 0 Å². The lowest BCUT2D eigenvalue weighted by Gasteiger charge is -2.23. The number of halogens is 1. The fourth-order valence-electron chi connectivity index (χ4n) is 2.62. The van der Waals surface area contributed by atoms with E-state index in [0.29, 0.717) is 18.9 Å². The zero-order chi connectivity index (χ0) is 16.8. The number of amides is 1. The van der Waals surface area contributed by atoms with E-state index in [1.165, 1.54) is 12.1 Å². The number of aryl methyl sites for hydroxylation is 1. The first-order valence-corrected chi connectivity index (χ1v) is 7.96. The number of ether oxygens (including phenoxy) is 1. The van der Waals surface area contributed by atoms with Gasteiger partial charge in [0.15, 0.2) is 0 Å². The van der Waals surface area contributed by atoms with Crippen molar-refractivity contribution in [3.8, 4) is 5.75 Å². The summed E-state index contributed by atoms with van der Waals surface area (Å²) < 4.78 is 20.2. The number of fused-ring (bicyclic) bond motifs is 1. The van der Waals surface area contributed by atoms with Crippen LogP contribution in [0.3, 0.4) is 0 Å². The average Bonchev–Trinajstić information content (AvgIpc) is 3.05. The summed E-state index contributed by atoms with van der Waals surface area (Å²) >= 11 is 0. The lowest BCUT2D eigenvalue weighted by Crippen LogP contribution is -2.44. The summed E-state index contributed by atoms with van der Waals surface area (Å²) in [6.07, 6.45) is 3.36. The molecule has 3 rings (SSSR count). The number of hydrogen-bond donors (Lipinski definition) is 2. The molecular formula is C16H20FN5O2. The van der Waals surface area contributed by atoms with Crippen LogP contribution >= 0.6 is 0 Å². The Morgan fingerprint density at radius 3 is 3.25 bits per heavy atom. The lowest BCUT2D eigenvalue weighted by atomic mass is 10.1. The fraction of sp³-hybridized carbons (Fsp3) is 0.438. The minimum Gasteiger partial charge on any atom is -0.492 e. The maximum absolute atomic E-state index is 13.0. The Labute approximate surface area is 139 Å². The van der Waals surface area contributed by atoms with Gasteiger partial charge in [0.05, 0.1) is 19.6 Å². The number of rotatable bonds is 7. The summed E-state index contributed by atoms with van der Waals surface area (Å²) in [5.41, 5.74) is 0. The summed E-state index contributed by atoms with van der Waals surface area (Å²) in [7, 11) is 0. The second-order valence-corrected chi connectivity index (χ2v) is 5.63. The summed E-state index contributed by atoms with van der Waals surface area (Å²) in [5, 5.41) is 10.1. The highest BCUT2D eigenvalue weighted by atomic mass is 19.1. The zero-order valence-electron chi connectivity index (χ0n) is 13.2. The van der Waals surface area contributed by atoms with Crippen LogP contribution in [0.5, 0.6) is 5.75 Å². The molecule has 1 aromatic heterocycles. The summed E-state index contributed by atoms with van der Waals surface area (Å²) in [4.78, 5) is 16.0. The molecule has 7 nitrogen and oxygen atoms in total. The highest BCUT2D eigenvalue weighted by molar-refractivity contribution is 5.77. The summed E-state index contributed by atoms with van der Waals surface area (Å²) in [5.74, 6) is 1.01. The van der Waals surface area contributed by atoms with Gasteiger partial charge in [-0.2, -0.15) is 5.10 Å². The van der Waals surface area contributed by atoms with Crippen LogP contribution in [0, 0.1) is 5.82 Å². The lowest BCUT2D eigenvalue weighted by molar-refractivity contribution is -0.120. The van der Waals surface area contributed by atoms with Crippen molar-refractivity contribution in [2.45, 2.75) is 25.4 Å². The molecule has 0 spiro atoms. The van der Waals surface area contributed by atoms with Crippen LogP contribution in [0.1, 0.15) is 12.2 Å². The first kappa shape index (κ1) is 16.4. The maximum Gasteiger partial charge on any atom is 0.234 e. The van der Waals surface area contributed by atoms with Gasteiger partial charge in [-0.25, -0.2) is 14.1 Å². The number of carbonyl (C=O) groups is 1. The predicted octanol–water partition coefficient (Wildman–Crippen LogP) is 0.517. The van der Waals surface area contributed by atoms with Crippen LogP contribution in [0.25, 0.3) is 0 Å². The van der Waals surface area contributed by atoms with E-state index in [0.717, 1.165) is 25.2 Å². The fourth-order valence-corrected chi connectivity index (χ4v) is 2.62. The van der Waals surface area contributed by atoms with Crippen LogP contribution < -0.4 is 15.4 Å². The molecule has 0 fully saturated rings. The normalized spacial score (nSPS) is 16.5. The Hall–Kier alpha value is -2.48. The Kier molecular flexibility index (Phi) is 5.37. The van der Waals surface area contributed by atoms with Gasteiger partial charge in [0, 0.05) is 18.5 Å². The topological polar surface area (TPSA) is 81.1 Å². The molecule has 128 valence electrons. The van der Waals surface area contributed by atoms with Crippen LogP contribution in [0.2, 0.25) is 0 Å². The Morgan fingerprint density at radius 1 is 1.46 bits per heavy atom. The Bertz CT molecular complexity index is 691. The molecule has 0 bridgehead atoms. The maximum atomic E-state index is 13.0. The van der Waals surface area contributed by atoms with Gasteiger partial charge >= 0.3 is 0 Å². The van der Waals surface area contributed by atoms with Gasteiger partial charge in [0.25, 0.3) is 0 Å². The molecule has 2 heterocycles. The van der Waals surface area contributed by atoms with Crippen molar-refractivity contribution >= 4 is 5.91 Å². The van der Waals surface area contributed by atoms with Crippen molar-refractivity contribution in [2.75, 3.05) is 19.7 Å². The highest BCUT2D eigenvalue weighted by Gasteiger charge is 2.19. The van der Waals surface area contributed by atoms with Crippen LogP contribution in [0.4, 0.5) is 4.39 Å². The van der Waals surface area contributed by atoms with Crippen molar-refractivity contribution in [2.24, 2.45) is 0 Å². The third-order valence-corrected chi connectivity index (χ3v) is 3.85. The zero-order valence-corrected chi connectivity index (χ0v) is 13.2. The Morgan fingerprint density at radius 2 is 2.38 bits per heavy atom. The van der Waals surface area contributed by atoms with Crippen molar-refractivity contribution < 1.29 is 13.9 Å². The molecule has 2 aromatic rings. The molecule has 0 radical (unpaired) electrons. The van der Waals surface area contributed by atoms with E-state index in [2.05, 4.69) is 20.7 Å². The van der Waals surface area contributed by atoms with Gasteiger partial charge in [0.2, 0.25) is 5.91 Å². The number of carbonyl (C=O) groups excluding carboxylic acids is 1. The largest absolute Gasteiger partial charge is 0.492 e. The number of nitrogens with zero attached hydrogens (tertiary/aromatic N) is 3. The smallest absolute Gasteiger partial charge is 0.234 e. The predicted molar refractivity (Wildman–Crippen MR) is 85.0 cm³/mol. The van der Waals surface area contributed by atoms with E-state index >= 15 is 0 Å². The molecule has 1 aromatic carbocycles. The average molecular weight is 333 g/mol. The molecule has 0 unspecified atom stereocenters. The Balaban J connectivity index is 1.30. The van der Waals surface area contributed by atoms with Crippen molar-refractivity contribution in [1.82, 2.24) is 25.4 Å². The number of nitrogens with one attached hydrogen (secondary N) is 2. The summed E-state index contributed by atoms with van der Waals surface area (Å²) in [6, 6.07) is 6.14. The quantitative estimate of drug-likeness (QED) is 0.722. The SMILES string of the molecule is O=C(CN[C@@H]1CCc2ncnn2C1)NCCOc1cccc(F)c1. The van der Waals surface area contributed by atoms with Gasteiger partial charge in [-0.1, -0.05) is 6.07 Å². The molecule has 0 aliphatic carbocycles. The van der Waals surface area contributed by atoms with Gasteiger partial charge < -0.3 is 15.4 Å². The number of hydrogen-bond acceptors (Lipinski definition) is 5. The third-order valence-electron chi connectivity index (χ3n) is 3.85. The molecule has 1 aliphatic heterocycles. The molecule has 8 heteroatoms. The first-order chi connectivity index (χ1) is 11.7. The molecule has 24 heavy (non-hydrogen) atoms. The van der Waals surface area contributed by atoms with Gasteiger partial charge in [-0.15, -0.1) is 0 Å². The number of benzene rings is 1.